The Hall–Kier alpha value is -0.740. The highest BCUT2D eigenvalue weighted by Gasteiger charge is 2.26. The maximum Gasteiger partial charge on any atom is 0.390 e. The van der Waals surface area contributed by atoms with Gasteiger partial charge in [-0.2, -0.15) is 13.2 Å². The molecule has 0 unspecified atom stereocenters. The lowest BCUT2D eigenvalue weighted by atomic mass is 10.1. The van der Waals surface area contributed by atoms with Crippen molar-refractivity contribution in [2.75, 3.05) is 26.7 Å². The van der Waals surface area contributed by atoms with Crippen molar-refractivity contribution in [1.29, 1.82) is 0 Å². The number of halogens is 4. The van der Waals surface area contributed by atoms with Gasteiger partial charge in [0.1, 0.15) is 0 Å². The lowest BCUT2D eigenvalue weighted by Crippen LogP contribution is -2.39. The van der Waals surface area contributed by atoms with Crippen molar-refractivity contribution in [3.63, 3.8) is 0 Å². The number of unbranched alkanes of at least 4 members (excludes halogenated alkanes) is 4. The lowest BCUT2D eigenvalue weighted by molar-refractivity contribution is -0.143. The second-order valence-corrected chi connectivity index (χ2v) is 5.11. The van der Waals surface area contributed by atoms with Crippen molar-refractivity contribution in [3.05, 3.63) is 0 Å². The molecular formula is C15H29F3IN3O2. The lowest BCUT2D eigenvalue weighted by Gasteiger charge is -2.12. The molecule has 0 rings (SSSR count). The van der Waals surface area contributed by atoms with Crippen LogP contribution in [0.5, 0.6) is 0 Å². The molecule has 0 fully saturated rings. The SMILES string of the molecule is CCOC(=O)CCCCCCCNC(=NC)NCCC(F)(F)F.I. The highest BCUT2D eigenvalue weighted by molar-refractivity contribution is 14.0. The molecule has 0 atom stereocenters. The number of nitrogens with one attached hydrogen (secondary N) is 2. The molecule has 0 radical (unpaired) electrons. The minimum Gasteiger partial charge on any atom is -0.466 e. The predicted molar refractivity (Wildman–Crippen MR) is 99.8 cm³/mol. The third kappa shape index (κ3) is 17.6. The zero-order chi connectivity index (χ0) is 17.6. The summed E-state index contributed by atoms with van der Waals surface area (Å²) in [6.45, 7) is 2.68. The second kappa shape index (κ2) is 15.8. The molecule has 9 heteroatoms. The predicted octanol–water partition coefficient (Wildman–Crippen LogP) is 3.63. The van der Waals surface area contributed by atoms with E-state index < -0.39 is 12.6 Å². The maximum absolute atomic E-state index is 12.0. The zero-order valence-corrected chi connectivity index (χ0v) is 16.7. The first-order valence-electron chi connectivity index (χ1n) is 8.06. The number of hydrogen-bond acceptors (Lipinski definition) is 3. The summed E-state index contributed by atoms with van der Waals surface area (Å²) >= 11 is 0. The zero-order valence-electron chi connectivity index (χ0n) is 14.4. The normalized spacial score (nSPS) is 11.6. The van der Waals surface area contributed by atoms with E-state index in [4.69, 9.17) is 4.74 Å². The number of carbonyl (C=O) groups is 1. The summed E-state index contributed by atoms with van der Waals surface area (Å²) in [7, 11) is 1.53. The van der Waals surface area contributed by atoms with Crippen LogP contribution in [0.3, 0.4) is 0 Å². The van der Waals surface area contributed by atoms with E-state index in [9.17, 15) is 18.0 Å². The van der Waals surface area contributed by atoms with Gasteiger partial charge in [-0.3, -0.25) is 9.79 Å². The summed E-state index contributed by atoms with van der Waals surface area (Å²) in [4.78, 5) is 15.0. The molecule has 0 aliphatic rings. The van der Waals surface area contributed by atoms with E-state index in [1.54, 1.807) is 6.92 Å². The number of esters is 1. The van der Waals surface area contributed by atoms with Gasteiger partial charge in [0.2, 0.25) is 0 Å². The number of rotatable bonds is 11. The van der Waals surface area contributed by atoms with Crippen molar-refractivity contribution in [2.45, 2.75) is 58.0 Å². The molecule has 144 valence electrons. The van der Waals surface area contributed by atoms with E-state index in [0.29, 0.717) is 25.5 Å². The quantitative estimate of drug-likeness (QED) is 0.160. The Kier molecular flexibility index (Phi) is 16.8. The Morgan fingerprint density at radius 1 is 1.04 bits per heavy atom. The first-order chi connectivity index (χ1) is 10.9. The third-order valence-electron chi connectivity index (χ3n) is 3.08. The number of nitrogens with zero attached hydrogens (tertiary/aromatic N) is 1. The van der Waals surface area contributed by atoms with Crippen molar-refractivity contribution >= 4 is 35.9 Å². The Bertz CT molecular complexity index is 353. The van der Waals surface area contributed by atoms with Crippen molar-refractivity contribution < 1.29 is 22.7 Å². The van der Waals surface area contributed by atoms with Gasteiger partial charge in [-0.05, 0) is 19.8 Å². The Morgan fingerprint density at radius 3 is 2.21 bits per heavy atom. The number of guanidine groups is 1. The Labute approximate surface area is 159 Å². The number of alkyl halides is 3. The summed E-state index contributed by atoms with van der Waals surface area (Å²) in [6.07, 6.45) is 0.131. The highest BCUT2D eigenvalue weighted by atomic mass is 127. The molecule has 0 aliphatic carbocycles. The summed E-state index contributed by atoms with van der Waals surface area (Å²) < 4.78 is 40.9. The fraction of sp³-hybridized carbons (Fsp3) is 0.867. The van der Waals surface area contributed by atoms with Crippen LogP contribution in [-0.2, 0) is 9.53 Å². The third-order valence-corrected chi connectivity index (χ3v) is 3.08. The number of aliphatic imine (C=N–C) groups is 1. The molecule has 0 heterocycles. The molecule has 2 N–H and O–H groups in total. The van der Waals surface area contributed by atoms with Crippen LogP contribution in [0.1, 0.15) is 51.9 Å². The molecule has 0 aromatic carbocycles. The summed E-state index contributed by atoms with van der Waals surface area (Å²) in [5, 5.41) is 5.61. The van der Waals surface area contributed by atoms with Crippen LogP contribution in [0.2, 0.25) is 0 Å². The molecular weight excluding hydrogens is 438 g/mol. The first-order valence-corrected chi connectivity index (χ1v) is 8.06. The van der Waals surface area contributed by atoms with Gasteiger partial charge in [0.15, 0.2) is 5.96 Å². The molecule has 0 spiro atoms. The molecule has 24 heavy (non-hydrogen) atoms. The van der Waals surface area contributed by atoms with Crippen molar-refractivity contribution in [3.8, 4) is 0 Å². The number of hydrogen-bond donors (Lipinski definition) is 2. The first kappa shape index (κ1) is 25.5. The highest BCUT2D eigenvalue weighted by Crippen LogP contribution is 2.18. The minimum absolute atomic E-state index is 0. The summed E-state index contributed by atoms with van der Waals surface area (Å²) in [6, 6.07) is 0. The summed E-state index contributed by atoms with van der Waals surface area (Å²) in [5.74, 6) is 0.236. The summed E-state index contributed by atoms with van der Waals surface area (Å²) in [5.41, 5.74) is 0. The van der Waals surface area contributed by atoms with Gasteiger partial charge >= 0.3 is 12.1 Å². The monoisotopic (exact) mass is 467 g/mol. The molecule has 0 saturated carbocycles. The van der Waals surface area contributed by atoms with Crippen LogP contribution in [0.25, 0.3) is 0 Å². The molecule has 0 aromatic rings. The average molecular weight is 467 g/mol. The van der Waals surface area contributed by atoms with Crippen molar-refractivity contribution in [1.82, 2.24) is 10.6 Å². The molecule has 0 aliphatic heterocycles. The fourth-order valence-electron chi connectivity index (χ4n) is 1.91. The fourth-order valence-corrected chi connectivity index (χ4v) is 1.91. The van der Waals surface area contributed by atoms with Gasteiger partial charge in [0, 0.05) is 26.6 Å². The number of ether oxygens (including phenoxy) is 1. The van der Waals surface area contributed by atoms with E-state index in [0.717, 1.165) is 32.1 Å². The Balaban J connectivity index is 0. The topological polar surface area (TPSA) is 62.7 Å². The Morgan fingerprint density at radius 2 is 1.62 bits per heavy atom. The molecule has 0 aromatic heterocycles. The van der Waals surface area contributed by atoms with Crippen LogP contribution in [0.4, 0.5) is 13.2 Å². The van der Waals surface area contributed by atoms with Gasteiger partial charge < -0.3 is 15.4 Å². The van der Waals surface area contributed by atoms with Crippen LogP contribution in [-0.4, -0.2) is 44.8 Å². The van der Waals surface area contributed by atoms with E-state index in [-0.39, 0.29) is 36.5 Å². The smallest absolute Gasteiger partial charge is 0.390 e. The van der Waals surface area contributed by atoms with Crippen LogP contribution >= 0.6 is 24.0 Å². The molecule has 0 bridgehead atoms. The standard InChI is InChI=1S/C15H28F3N3O2.HI/c1-3-23-13(22)9-7-5-4-6-8-11-20-14(19-2)21-12-10-15(16,17)18;/h3-12H2,1-2H3,(H2,19,20,21);1H. The van der Waals surface area contributed by atoms with Crippen LogP contribution < -0.4 is 10.6 Å². The van der Waals surface area contributed by atoms with Gasteiger partial charge in [0.25, 0.3) is 0 Å². The molecule has 5 nitrogen and oxygen atoms in total. The van der Waals surface area contributed by atoms with Crippen molar-refractivity contribution in [2.24, 2.45) is 4.99 Å². The minimum atomic E-state index is -4.16. The van der Waals surface area contributed by atoms with Gasteiger partial charge in [-0.1, -0.05) is 19.3 Å². The maximum atomic E-state index is 12.0. The van der Waals surface area contributed by atoms with Gasteiger partial charge in [-0.15, -0.1) is 24.0 Å². The van der Waals surface area contributed by atoms with E-state index in [2.05, 4.69) is 15.6 Å². The molecule has 0 saturated heterocycles. The van der Waals surface area contributed by atoms with Gasteiger partial charge in [-0.25, -0.2) is 0 Å². The molecule has 0 amide bonds. The van der Waals surface area contributed by atoms with Gasteiger partial charge in [0.05, 0.1) is 13.0 Å². The second-order valence-electron chi connectivity index (χ2n) is 5.11. The largest absolute Gasteiger partial charge is 0.466 e. The van der Waals surface area contributed by atoms with E-state index in [1.807, 2.05) is 0 Å². The van der Waals surface area contributed by atoms with Crippen LogP contribution in [0.15, 0.2) is 4.99 Å². The number of carbonyl (C=O) groups excluding carboxylic acids is 1. The van der Waals surface area contributed by atoms with E-state index >= 15 is 0 Å². The average Bonchev–Trinajstić information content (AvgIpc) is 2.47. The van der Waals surface area contributed by atoms with E-state index in [1.165, 1.54) is 7.05 Å². The van der Waals surface area contributed by atoms with Crippen LogP contribution in [0, 0.1) is 0 Å².